The van der Waals surface area contributed by atoms with Crippen molar-refractivity contribution in [3.63, 3.8) is 0 Å². The van der Waals surface area contributed by atoms with Gasteiger partial charge in [0.2, 0.25) is 5.91 Å². The van der Waals surface area contributed by atoms with E-state index in [0.717, 1.165) is 0 Å². The summed E-state index contributed by atoms with van der Waals surface area (Å²) in [5, 5.41) is 11.5. The molecule has 0 fully saturated rings. The first kappa shape index (κ1) is 7.60. The van der Waals surface area contributed by atoms with Gasteiger partial charge >= 0.3 is 0 Å². The summed E-state index contributed by atoms with van der Waals surface area (Å²) in [7, 11) is 0. The standard InChI is InChI=1S/C8H9NO2/c1-6(10)9-7-2-4-8(11)5-3-7/h2-5,11H,1H3,(H,9,10)/i2+2,3+2,4+2,5+2,7+2,8+2. The Bertz CT molecular complexity index is 253. The Kier molecular flexibility index (Phi) is 2.11. The van der Waals surface area contributed by atoms with Gasteiger partial charge < -0.3 is 10.4 Å². The van der Waals surface area contributed by atoms with E-state index in [0.29, 0.717) is 5.69 Å². The number of anilines is 1. The van der Waals surface area contributed by atoms with Crippen molar-refractivity contribution in [2.45, 2.75) is 6.92 Å². The number of carbonyl (C=O) groups excluding carboxylic acids is 1. The van der Waals surface area contributed by atoms with Crippen LogP contribution in [0.3, 0.4) is 0 Å². The SMILES string of the molecule is CC(=O)N[14c]1[14cH][14cH][14c](O)[14cH][14cH]1. The molecule has 0 aliphatic rings. The highest BCUT2D eigenvalue weighted by Gasteiger charge is 1.93. The molecule has 0 bridgehead atoms. The molecule has 58 valence electrons. The molecule has 0 aliphatic heterocycles. The van der Waals surface area contributed by atoms with E-state index in [1.54, 1.807) is 12.1 Å². The second-order valence-electron chi connectivity index (χ2n) is 2.23. The van der Waals surface area contributed by atoms with E-state index >= 15 is 0 Å². The number of phenolic OH excluding ortho intramolecular Hbond substituents is 1. The van der Waals surface area contributed by atoms with Crippen molar-refractivity contribution in [2.75, 3.05) is 5.32 Å². The average Bonchev–Trinajstić information content (AvgIpc) is 1.93. The smallest absolute Gasteiger partial charge is 0.221 e. The minimum absolute atomic E-state index is 0.115. The Morgan fingerprint density at radius 1 is 1.36 bits per heavy atom. The van der Waals surface area contributed by atoms with Crippen LogP contribution in [0.1, 0.15) is 6.92 Å². The first-order valence-corrected chi connectivity index (χ1v) is 3.25. The molecule has 2 N–H and O–H groups in total. The molecule has 1 amide bonds. The number of hydrogen-bond acceptors (Lipinski definition) is 2. The number of phenols is 1. The van der Waals surface area contributed by atoms with Crippen LogP contribution in [0.2, 0.25) is 0 Å². The predicted octanol–water partition coefficient (Wildman–Crippen LogP) is 1.35. The lowest BCUT2D eigenvalue weighted by atomic mass is 10.8. The second kappa shape index (κ2) is 3.05. The van der Waals surface area contributed by atoms with Crippen LogP contribution in [0.4, 0.5) is 5.69 Å². The minimum atomic E-state index is -0.115. The van der Waals surface area contributed by atoms with Gasteiger partial charge in [0, 0.05) is 12.6 Å². The maximum atomic E-state index is 10.5. The van der Waals surface area contributed by atoms with Crippen molar-refractivity contribution < 1.29 is 9.90 Å². The monoisotopic (exact) mass is 163 g/mol. The number of aromatic hydroxyl groups is 1. The van der Waals surface area contributed by atoms with Gasteiger partial charge in [-0.2, -0.15) is 0 Å². The van der Waals surface area contributed by atoms with Gasteiger partial charge in [0.05, 0.1) is 0 Å². The molecular formula is C8H9NO2. The Balaban J connectivity index is 2.74. The van der Waals surface area contributed by atoms with Gasteiger partial charge in [-0.05, 0) is 24.3 Å². The van der Waals surface area contributed by atoms with Crippen molar-refractivity contribution in [3.8, 4) is 5.75 Å². The lowest BCUT2D eigenvalue weighted by molar-refractivity contribution is -0.114. The van der Waals surface area contributed by atoms with Gasteiger partial charge in [0.1, 0.15) is 5.75 Å². The van der Waals surface area contributed by atoms with Crippen molar-refractivity contribution in [1.29, 1.82) is 0 Å². The van der Waals surface area contributed by atoms with Gasteiger partial charge in [-0.15, -0.1) is 0 Å². The molecule has 3 nitrogen and oxygen atoms in total. The second-order valence-corrected chi connectivity index (χ2v) is 2.23. The fraction of sp³-hybridized carbons (Fsp3) is 0.125. The van der Waals surface area contributed by atoms with E-state index in [9.17, 15) is 4.79 Å². The molecule has 11 heavy (non-hydrogen) atoms. The largest absolute Gasteiger partial charge is 0.508 e. The number of amides is 1. The molecule has 0 aliphatic carbocycles. The number of carbonyl (C=O) groups is 1. The molecular weight excluding hydrogens is 154 g/mol. The van der Waals surface area contributed by atoms with Crippen LogP contribution in [0, 0.1) is 0 Å². The Labute approximate surface area is 64.7 Å². The summed E-state index contributed by atoms with van der Waals surface area (Å²) < 4.78 is 0. The van der Waals surface area contributed by atoms with Crippen LogP contribution in [-0.4, -0.2) is 11.0 Å². The van der Waals surface area contributed by atoms with Crippen LogP contribution < -0.4 is 5.32 Å². The highest BCUT2D eigenvalue weighted by molar-refractivity contribution is 5.88. The normalized spacial score (nSPS) is 9.18. The third-order valence-corrected chi connectivity index (χ3v) is 1.19. The third kappa shape index (κ3) is 2.29. The minimum Gasteiger partial charge on any atom is -0.508 e. The van der Waals surface area contributed by atoms with Gasteiger partial charge in [0.25, 0.3) is 0 Å². The zero-order valence-corrected chi connectivity index (χ0v) is 6.16. The van der Waals surface area contributed by atoms with E-state index in [1.165, 1.54) is 19.1 Å². The summed E-state index contributed by atoms with van der Waals surface area (Å²) in [5.41, 5.74) is 0.690. The lowest BCUT2D eigenvalue weighted by Gasteiger charge is -1.99. The van der Waals surface area contributed by atoms with E-state index < -0.39 is 0 Å². The van der Waals surface area contributed by atoms with Crippen LogP contribution >= 0.6 is 0 Å². The predicted molar refractivity (Wildman–Crippen MR) is 42.4 cm³/mol. The molecule has 0 heterocycles. The molecule has 0 radical (unpaired) electrons. The highest BCUT2D eigenvalue weighted by Crippen LogP contribution is 2.13. The fourth-order valence-electron chi connectivity index (χ4n) is 0.748. The van der Waals surface area contributed by atoms with Gasteiger partial charge in [-0.25, -0.2) is 0 Å². The highest BCUT2D eigenvalue weighted by atomic mass is 16.5. The van der Waals surface area contributed by atoms with E-state index in [4.69, 9.17) is 5.11 Å². The van der Waals surface area contributed by atoms with Crippen LogP contribution in [0.15, 0.2) is 24.3 Å². The van der Waals surface area contributed by atoms with Crippen molar-refractivity contribution >= 4 is 11.6 Å². The molecule has 0 aromatic heterocycles. The maximum absolute atomic E-state index is 10.5. The summed E-state index contributed by atoms with van der Waals surface area (Å²) in [6.45, 7) is 1.44. The Morgan fingerprint density at radius 2 is 1.91 bits per heavy atom. The zero-order chi connectivity index (χ0) is 8.27. The molecule has 0 atom stereocenters. The van der Waals surface area contributed by atoms with Crippen molar-refractivity contribution in [2.24, 2.45) is 0 Å². The topological polar surface area (TPSA) is 49.3 Å². The molecule has 0 saturated heterocycles. The summed E-state index contributed by atoms with van der Waals surface area (Å²) in [4.78, 5) is 10.5. The molecule has 0 saturated carbocycles. The summed E-state index contributed by atoms with van der Waals surface area (Å²) >= 11 is 0. The van der Waals surface area contributed by atoms with E-state index in [-0.39, 0.29) is 11.7 Å². The first-order chi connectivity index (χ1) is 5.18. The van der Waals surface area contributed by atoms with Crippen LogP contribution in [0.25, 0.3) is 0 Å². The summed E-state index contributed by atoms with van der Waals surface area (Å²) in [5.74, 6) is 0.0785. The summed E-state index contributed by atoms with van der Waals surface area (Å²) in [6.07, 6.45) is 0. The molecule has 0 unspecified atom stereocenters. The number of nitrogens with one attached hydrogen (secondary N) is 1. The van der Waals surface area contributed by atoms with Crippen molar-refractivity contribution in [1.82, 2.24) is 0 Å². The molecule has 1 aromatic rings. The first-order valence-electron chi connectivity index (χ1n) is 3.25. The van der Waals surface area contributed by atoms with Gasteiger partial charge in [0.15, 0.2) is 0 Å². The molecule has 1 rings (SSSR count). The van der Waals surface area contributed by atoms with Gasteiger partial charge in [-0.1, -0.05) is 0 Å². The molecule has 1 aromatic carbocycles. The molecule has 3 heteroatoms. The number of hydrogen-bond donors (Lipinski definition) is 2. The quantitative estimate of drug-likeness (QED) is 0.614. The fourth-order valence-corrected chi connectivity index (χ4v) is 0.748. The molecule has 0 spiro atoms. The maximum Gasteiger partial charge on any atom is 0.221 e. The summed E-state index contributed by atoms with van der Waals surface area (Å²) in [6, 6.07) is 6.31. The van der Waals surface area contributed by atoms with E-state index in [1.807, 2.05) is 0 Å². The third-order valence-electron chi connectivity index (χ3n) is 1.19. The van der Waals surface area contributed by atoms with Gasteiger partial charge in [-0.3, -0.25) is 4.79 Å². The van der Waals surface area contributed by atoms with Crippen molar-refractivity contribution in [3.05, 3.63) is 24.3 Å². The van der Waals surface area contributed by atoms with Crippen LogP contribution in [-0.2, 0) is 4.79 Å². The van der Waals surface area contributed by atoms with Crippen LogP contribution in [0.5, 0.6) is 5.75 Å². The number of benzene rings is 1. The van der Waals surface area contributed by atoms with E-state index in [2.05, 4.69) is 5.32 Å². The zero-order valence-electron chi connectivity index (χ0n) is 6.16. The average molecular weight is 163 g/mol. The Morgan fingerprint density at radius 3 is 2.36 bits per heavy atom. The lowest BCUT2D eigenvalue weighted by Crippen LogP contribution is -2.04. The number of rotatable bonds is 1. The Hall–Kier alpha value is -1.51.